The zero-order valence-electron chi connectivity index (χ0n) is 19.3. The number of hydrogen-bond acceptors (Lipinski definition) is 5. The van der Waals surface area contributed by atoms with E-state index in [1.54, 1.807) is 0 Å². The van der Waals surface area contributed by atoms with E-state index in [4.69, 9.17) is 18.9 Å². The molecule has 0 aromatic heterocycles. The number of ether oxygens (including phenoxy) is 2. The molecule has 1 unspecified atom stereocenters. The highest BCUT2D eigenvalue weighted by Gasteiger charge is 2.52. The lowest BCUT2D eigenvalue weighted by atomic mass is 10.0. The van der Waals surface area contributed by atoms with Gasteiger partial charge in [0.2, 0.25) is 0 Å². The molecular formula is C25H34O5Si. The highest BCUT2D eigenvalue weighted by Crippen LogP contribution is 2.37. The zero-order chi connectivity index (χ0) is 22.7. The zero-order valence-corrected chi connectivity index (χ0v) is 20.3. The molecule has 0 bridgehead atoms. The summed E-state index contributed by atoms with van der Waals surface area (Å²) >= 11 is 0. The molecule has 3 rings (SSSR count). The van der Waals surface area contributed by atoms with Crippen molar-refractivity contribution in [1.29, 1.82) is 0 Å². The second-order valence-electron chi connectivity index (χ2n) is 9.71. The molecule has 2 aromatic carbocycles. The Labute approximate surface area is 186 Å². The Kier molecular flexibility index (Phi) is 7.18. The first-order valence-corrected chi connectivity index (χ1v) is 12.7. The Morgan fingerprint density at radius 3 is 1.97 bits per heavy atom. The molecule has 0 spiro atoms. The van der Waals surface area contributed by atoms with Crippen LogP contribution in [0.4, 0.5) is 0 Å². The number of benzene rings is 2. The summed E-state index contributed by atoms with van der Waals surface area (Å²) in [4.78, 5) is 17.5. The lowest BCUT2D eigenvalue weighted by molar-refractivity contribution is -0.234. The molecule has 1 heterocycles. The molecule has 31 heavy (non-hydrogen) atoms. The van der Waals surface area contributed by atoms with Crippen molar-refractivity contribution in [2.24, 2.45) is 5.92 Å². The van der Waals surface area contributed by atoms with E-state index in [9.17, 15) is 4.79 Å². The molecule has 2 aromatic rings. The summed E-state index contributed by atoms with van der Waals surface area (Å²) in [7, 11) is -2.77. The average molecular weight is 443 g/mol. The maximum Gasteiger partial charge on any atom is 0.305 e. The van der Waals surface area contributed by atoms with Crippen LogP contribution in [0, 0.1) is 5.92 Å². The van der Waals surface area contributed by atoms with E-state index in [1.807, 2.05) is 57.2 Å². The van der Waals surface area contributed by atoms with Gasteiger partial charge in [-0.3, -0.25) is 4.58 Å². The number of carbonyl (C=O) groups excluding carboxylic acids is 1. The summed E-state index contributed by atoms with van der Waals surface area (Å²) in [5.41, 5.74) is 0. The number of hydrogen-bond donors (Lipinski definition) is 0. The van der Waals surface area contributed by atoms with Crippen molar-refractivity contribution >= 4 is 25.0 Å². The molecule has 0 N–H and O–H groups in total. The molecule has 0 saturated carbocycles. The van der Waals surface area contributed by atoms with Gasteiger partial charge in [0.15, 0.2) is 12.1 Å². The Morgan fingerprint density at radius 2 is 1.52 bits per heavy atom. The van der Waals surface area contributed by atoms with Crippen LogP contribution in [0.3, 0.4) is 0 Å². The molecule has 1 saturated heterocycles. The van der Waals surface area contributed by atoms with Crippen LogP contribution in [0.2, 0.25) is 5.04 Å². The standard InChI is InChI=1S/C25H34O5Si/c1-19(23-22(17-26)28-25(5,6)29-23)18-27-30-31(24(2,3)4,20-13-9-7-10-14-20)21-15-11-8-12-16-21/h7-17,19,22-23H,18H2,1-6H3/t19-,22+,23?/m0/s1. The van der Waals surface area contributed by atoms with Crippen LogP contribution < -0.4 is 10.4 Å². The van der Waals surface area contributed by atoms with Gasteiger partial charge in [0.1, 0.15) is 6.10 Å². The molecule has 1 aliphatic heterocycles. The van der Waals surface area contributed by atoms with Gasteiger partial charge in [-0.15, -0.1) is 0 Å². The minimum Gasteiger partial charge on any atom is -0.344 e. The lowest BCUT2D eigenvalue weighted by Gasteiger charge is -2.41. The van der Waals surface area contributed by atoms with Crippen LogP contribution in [0.1, 0.15) is 41.5 Å². The molecule has 0 radical (unpaired) electrons. The fraction of sp³-hybridized carbons (Fsp3) is 0.480. The molecular weight excluding hydrogens is 408 g/mol. The summed E-state index contributed by atoms with van der Waals surface area (Å²) in [5.74, 6) is -0.876. The molecule has 1 aliphatic rings. The fourth-order valence-electron chi connectivity index (χ4n) is 4.29. The second kappa shape index (κ2) is 9.34. The monoisotopic (exact) mass is 442 g/mol. The van der Waals surface area contributed by atoms with Gasteiger partial charge in [-0.25, -0.2) is 4.89 Å². The Hall–Kier alpha value is -1.83. The number of aldehydes is 1. The molecule has 6 heteroatoms. The third-order valence-electron chi connectivity index (χ3n) is 5.79. The first-order valence-electron chi connectivity index (χ1n) is 10.8. The van der Waals surface area contributed by atoms with E-state index >= 15 is 0 Å². The van der Waals surface area contributed by atoms with Crippen molar-refractivity contribution in [2.45, 2.75) is 64.6 Å². The molecule has 0 amide bonds. The highest BCUT2D eigenvalue weighted by atomic mass is 28.4. The first kappa shape index (κ1) is 23.8. The fourth-order valence-corrected chi connectivity index (χ4v) is 8.36. The van der Waals surface area contributed by atoms with Crippen LogP contribution in [0.15, 0.2) is 60.7 Å². The normalized spacial score (nSPS) is 22.3. The van der Waals surface area contributed by atoms with Crippen molar-refractivity contribution in [3.05, 3.63) is 60.7 Å². The second-order valence-corrected chi connectivity index (χ2v) is 13.9. The van der Waals surface area contributed by atoms with Crippen LogP contribution in [-0.4, -0.2) is 39.2 Å². The minimum atomic E-state index is -2.77. The van der Waals surface area contributed by atoms with Crippen molar-refractivity contribution in [3.8, 4) is 0 Å². The summed E-state index contributed by atoms with van der Waals surface area (Å²) in [6.45, 7) is 12.5. The van der Waals surface area contributed by atoms with Crippen molar-refractivity contribution < 1.29 is 23.7 Å². The van der Waals surface area contributed by atoms with Gasteiger partial charge in [-0.05, 0) is 29.3 Å². The van der Waals surface area contributed by atoms with E-state index in [-0.39, 0.29) is 17.1 Å². The predicted molar refractivity (Wildman–Crippen MR) is 124 cm³/mol. The maximum atomic E-state index is 11.5. The van der Waals surface area contributed by atoms with Gasteiger partial charge in [0.25, 0.3) is 0 Å². The summed E-state index contributed by atoms with van der Waals surface area (Å²) < 4.78 is 18.1. The van der Waals surface area contributed by atoms with E-state index < -0.39 is 20.2 Å². The van der Waals surface area contributed by atoms with E-state index in [1.165, 1.54) is 0 Å². The Balaban J connectivity index is 1.86. The third-order valence-corrected chi connectivity index (χ3v) is 10.6. The van der Waals surface area contributed by atoms with Crippen molar-refractivity contribution in [1.82, 2.24) is 0 Å². The van der Waals surface area contributed by atoms with Crippen LogP contribution in [-0.2, 0) is 23.7 Å². The summed E-state index contributed by atoms with van der Waals surface area (Å²) in [6.07, 6.45) is -0.185. The van der Waals surface area contributed by atoms with Gasteiger partial charge in [-0.2, -0.15) is 0 Å². The van der Waals surface area contributed by atoms with Gasteiger partial charge in [0.05, 0.1) is 12.7 Å². The van der Waals surface area contributed by atoms with Gasteiger partial charge in [0, 0.05) is 5.92 Å². The molecule has 5 nitrogen and oxygen atoms in total. The topological polar surface area (TPSA) is 54.0 Å². The quantitative estimate of drug-likeness (QED) is 0.269. The van der Waals surface area contributed by atoms with Gasteiger partial charge >= 0.3 is 8.32 Å². The Morgan fingerprint density at radius 1 is 1.00 bits per heavy atom. The molecule has 1 fully saturated rings. The average Bonchev–Trinajstić information content (AvgIpc) is 3.06. The minimum absolute atomic E-state index is 0.0878. The molecule has 3 atom stereocenters. The van der Waals surface area contributed by atoms with Crippen molar-refractivity contribution in [2.75, 3.05) is 6.61 Å². The van der Waals surface area contributed by atoms with Crippen molar-refractivity contribution in [3.63, 3.8) is 0 Å². The number of rotatable bonds is 8. The van der Waals surface area contributed by atoms with E-state index in [0.29, 0.717) is 6.61 Å². The predicted octanol–water partition coefficient (Wildman–Crippen LogP) is 3.85. The summed E-state index contributed by atoms with van der Waals surface area (Å²) in [5, 5.41) is 2.11. The Bertz CT molecular complexity index is 808. The number of carbonyl (C=O) groups is 1. The van der Waals surface area contributed by atoms with Gasteiger partial charge < -0.3 is 14.3 Å². The molecule has 0 aliphatic carbocycles. The van der Waals surface area contributed by atoms with Crippen LogP contribution >= 0.6 is 0 Å². The SMILES string of the molecule is C[C@@H](COO[Si](c1ccccc1)(c1ccccc1)C(C)(C)C)C1OC(C)(C)O[C@@H]1C=O. The smallest absolute Gasteiger partial charge is 0.305 e. The van der Waals surface area contributed by atoms with Crippen LogP contribution in [0.25, 0.3) is 0 Å². The molecule has 168 valence electrons. The van der Waals surface area contributed by atoms with Crippen LogP contribution in [0.5, 0.6) is 0 Å². The lowest BCUT2D eigenvalue weighted by Crippen LogP contribution is -2.66. The highest BCUT2D eigenvalue weighted by molar-refractivity contribution is 6.99. The largest absolute Gasteiger partial charge is 0.344 e. The summed E-state index contributed by atoms with van der Waals surface area (Å²) in [6, 6.07) is 20.7. The first-order chi connectivity index (χ1) is 14.6. The maximum absolute atomic E-state index is 11.5. The van der Waals surface area contributed by atoms with E-state index in [0.717, 1.165) is 16.7 Å². The van der Waals surface area contributed by atoms with E-state index in [2.05, 4.69) is 45.0 Å². The van der Waals surface area contributed by atoms with Gasteiger partial charge in [-0.1, -0.05) is 88.4 Å². The third kappa shape index (κ3) is 4.99.